The van der Waals surface area contributed by atoms with Crippen LogP contribution in [0.3, 0.4) is 0 Å². The molecule has 0 aliphatic carbocycles. The van der Waals surface area contributed by atoms with Crippen molar-refractivity contribution in [2.45, 2.75) is 13.3 Å². The van der Waals surface area contributed by atoms with Crippen molar-refractivity contribution in [2.75, 3.05) is 13.7 Å². The van der Waals surface area contributed by atoms with Crippen molar-refractivity contribution < 1.29 is 23.1 Å². The minimum atomic E-state index is -0.585. The number of benzene rings is 2. The second-order valence-corrected chi connectivity index (χ2v) is 6.04. The Bertz CT molecular complexity index is 953. The average molecular weight is 390 g/mol. The van der Waals surface area contributed by atoms with Gasteiger partial charge < -0.3 is 13.9 Å². The minimum Gasteiger partial charge on any atom is -0.497 e. The van der Waals surface area contributed by atoms with Crippen LogP contribution in [0.25, 0.3) is 22.8 Å². The quantitative estimate of drug-likeness (QED) is 0.560. The molecule has 3 aromatic rings. The molecule has 1 heterocycles. The van der Waals surface area contributed by atoms with Gasteiger partial charge in [-0.2, -0.15) is 0 Å². The SMILES string of the molecule is CCOC(=O)Cc1nc(-c2ccc(OC)cc2)oc1-c1ccc(Cl)c(F)c1. The number of carbonyl (C=O) groups excluding carboxylic acids is 1. The molecule has 0 saturated carbocycles. The fourth-order valence-electron chi connectivity index (χ4n) is 2.54. The number of ether oxygens (including phenoxy) is 2. The Balaban J connectivity index is 2.04. The van der Waals surface area contributed by atoms with Gasteiger partial charge in [-0.25, -0.2) is 9.37 Å². The predicted molar refractivity (Wildman–Crippen MR) is 99.2 cm³/mol. The molecule has 7 heteroatoms. The third kappa shape index (κ3) is 4.28. The maximum Gasteiger partial charge on any atom is 0.312 e. The number of oxazole rings is 1. The smallest absolute Gasteiger partial charge is 0.312 e. The first-order valence-corrected chi connectivity index (χ1v) is 8.64. The number of esters is 1. The summed E-state index contributed by atoms with van der Waals surface area (Å²) in [6.07, 6.45) is -0.0902. The molecule has 0 atom stereocenters. The summed E-state index contributed by atoms with van der Waals surface area (Å²) in [6, 6.07) is 11.4. The van der Waals surface area contributed by atoms with Crippen LogP contribution in [0.4, 0.5) is 4.39 Å². The summed E-state index contributed by atoms with van der Waals surface area (Å²) in [5, 5.41) is 0.000542. The van der Waals surface area contributed by atoms with Gasteiger partial charge in [0.2, 0.25) is 5.89 Å². The first-order valence-electron chi connectivity index (χ1n) is 8.27. The summed E-state index contributed by atoms with van der Waals surface area (Å²) in [5.41, 5.74) is 1.49. The van der Waals surface area contributed by atoms with E-state index in [2.05, 4.69) is 4.98 Å². The second kappa shape index (κ2) is 8.22. The summed E-state index contributed by atoms with van der Waals surface area (Å²) in [6.45, 7) is 1.98. The van der Waals surface area contributed by atoms with Crippen molar-refractivity contribution >= 4 is 17.6 Å². The van der Waals surface area contributed by atoms with Gasteiger partial charge in [0, 0.05) is 11.1 Å². The highest BCUT2D eigenvalue weighted by atomic mass is 35.5. The summed E-state index contributed by atoms with van der Waals surface area (Å²) in [7, 11) is 1.57. The number of aromatic nitrogens is 1. The number of carbonyl (C=O) groups is 1. The Kier molecular flexibility index (Phi) is 5.76. The molecule has 5 nitrogen and oxygen atoms in total. The number of hydrogen-bond donors (Lipinski definition) is 0. The normalized spacial score (nSPS) is 10.7. The van der Waals surface area contributed by atoms with Crippen LogP contribution in [-0.2, 0) is 16.0 Å². The van der Waals surface area contributed by atoms with Crippen LogP contribution in [0.5, 0.6) is 5.75 Å². The van der Waals surface area contributed by atoms with Gasteiger partial charge in [0.15, 0.2) is 5.76 Å². The van der Waals surface area contributed by atoms with E-state index >= 15 is 0 Å². The van der Waals surface area contributed by atoms with E-state index in [9.17, 15) is 9.18 Å². The van der Waals surface area contributed by atoms with E-state index in [0.29, 0.717) is 34.2 Å². The van der Waals surface area contributed by atoms with Crippen molar-refractivity contribution in [1.82, 2.24) is 4.98 Å². The number of halogens is 2. The average Bonchev–Trinajstić information content (AvgIpc) is 3.08. The highest BCUT2D eigenvalue weighted by molar-refractivity contribution is 6.30. The van der Waals surface area contributed by atoms with E-state index in [0.717, 1.165) is 0 Å². The molecular formula is C20H17ClFNO4. The van der Waals surface area contributed by atoms with Gasteiger partial charge >= 0.3 is 5.97 Å². The lowest BCUT2D eigenvalue weighted by Gasteiger charge is -2.03. The van der Waals surface area contributed by atoms with Gasteiger partial charge in [0.1, 0.15) is 11.6 Å². The monoisotopic (exact) mass is 389 g/mol. The Morgan fingerprint density at radius 1 is 1.19 bits per heavy atom. The van der Waals surface area contributed by atoms with Gasteiger partial charge in [-0.15, -0.1) is 0 Å². The van der Waals surface area contributed by atoms with Crippen LogP contribution < -0.4 is 4.74 Å². The molecule has 3 rings (SSSR count). The topological polar surface area (TPSA) is 61.6 Å². The lowest BCUT2D eigenvalue weighted by Crippen LogP contribution is -2.08. The maximum absolute atomic E-state index is 13.9. The van der Waals surface area contributed by atoms with Gasteiger partial charge in [0.25, 0.3) is 0 Å². The number of nitrogens with zero attached hydrogens (tertiary/aromatic N) is 1. The highest BCUT2D eigenvalue weighted by Gasteiger charge is 2.20. The first kappa shape index (κ1) is 18.9. The molecule has 0 spiro atoms. The predicted octanol–water partition coefficient (Wildman–Crippen LogP) is 4.92. The number of hydrogen-bond acceptors (Lipinski definition) is 5. The molecule has 0 radical (unpaired) electrons. The Hall–Kier alpha value is -2.86. The Morgan fingerprint density at radius 3 is 2.52 bits per heavy atom. The molecule has 0 N–H and O–H groups in total. The van der Waals surface area contributed by atoms with Crippen LogP contribution in [0.2, 0.25) is 5.02 Å². The van der Waals surface area contributed by atoms with Crippen molar-refractivity contribution in [2.24, 2.45) is 0 Å². The second-order valence-electron chi connectivity index (χ2n) is 5.63. The first-order chi connectivity index (χ1) is 13.0. The van der Waals surface area contributed by atoms with Crippen molar-refractivity contribution in [3.8, 4) is 28.5 Å². The summed E-state index contributed by atoms with van der Waals surface area (Å²) in [5.74, 6) is 0.269. The molecule has 0 bridgehead atoms. The van der Waals surface area contributed by atoms with Crippen LogP contribution in [0.15, 0.2) is 46.9 Å². The summed E-state index contributed by atoms with van der Waals surface area (Å²) in [4.78, 5) is 16.4. The Labute approximate surface area is 160 Å². The molecule has 0 amide bonds. The molecule has 0 aliphatic rings. The zero-order chi connectivity index (χ0) is 19.4. The van der Waals surface area contributed by atoms with Gasteiger partial charge in [-0.1, -0.05) is 11.6 Å². The standard InChI is InChI=1S/C20H17ClFNO4/c1-3-26-18(24)11-17-19(13-6-9-15(21)16(22)10-13)27-20(23-17)12-4-7-14(25-2)8-5-12/h4-10H,3,11H2,1-2H3. The Morgan fingerprint density at radius 2 is 1.89 bits per heavy atom. The molecule has 27 heavy (non-hydrogen) atoms. The molecule has 140 valence electrons. The third-order valence-corrected chi connectivity index (χ3v) is 4.14. The summed E-state index contributed by atoms with van der Waals surface area (Å²) < 4.78 is 29.9. The van der Waals surface area contributed by atoms with E-state index in [1.807, 2.05) is 0 Å². The zero-order valence-corrected chi connectivity index (χ0v) is 15.5. The fraction of sp³-hybridized carbons (Fsp3) is 0.200. The van der Waals surface area contributed by atoms with E-state index < -0.39 is 11.8 Å². The van der Waals surface area contributed by atoms with Crippen LogP contribution in [-0.4, -0.2) is 24.7 Å². The van der Waals surface area contributed by atoms with E-state index in [4.69, 9.17) is 25.5 Å². The van der Waals surface area contributed by atoms with Crippen LogP contribution in [0.1, 0.15) is 12.6 Å². The van der Waals surface area contributed by atoms with Crippen molar-refractivity contribution in [3.63, 3.8) is 0 Å². The van der Waals surface area contributed by atoms with Crippen molar-refractivity contribution in [1.29, 1.82) is 0 Å². The van der Waals surface area contributed by atoms with Gasteiger partial charge in [0.05, 0.1) is 30.9 Å². The lowest BCUT2D eigenvalue weighted by molar-refractivity contribution is -0.142. The molecule has 0 aliphatic heterocycles. The minimum absolute atomic E-state index is 0.000542. The van der Waals surface area contributed by atoms with Crippen LogP contribution >= 0.6 is 11.6 Å². The van der Waals surface area contributed by atoms with Gasteiger partial charge in [-0.3, -0.25) is 4.79 Å². The van der Waals surface area contributed by atoms with E-state index in [-0.39, 0.29) is 18.1 Å². The highest BCUT2D eigenvalue weighted by Crippen LogP contribution is 2.32. The molecule has 1 aromatic heterocycles. The van der Waals surface area contributed by atoms with E-state index in [1.165, 1.54) is 12.1 Å². The molecule has 0 fully saturated rings. The molecule has 2 aromatic carbocycles. The summed E-state index contributed by atoms with van der Waals surface area (Å²) >= 11 is 5.76. The third-order valence-electron chi connectivity index (χ3n) is 3.83. The van der Waals surface area contributed by atoms with Crippen LogP contribution in [0, 0.1) is 5.82 Å². The fourth-order valence-corrected chi connectivity index (χ4v) is 2.66. The largest absolute Gasteiger partial charge is 0.497 e. The maximum atomic E-state index is 13.9. The molecular weight excluding hydrogens is 373 g/mol. The zero-order valence-electron chi connectivity index (χ0n) is 14.8. The lowest BCUT2D eigenvalue weighted by atomic mass is 10.1. The number of rotatable bonds is 6. The molecule has 0 unspecified atom stereocenters. The van der Waals surface area contributed by atoms with Gasteiger partial charge in [-0.05, 0) is 49.4 Å². The van der Waals surface area contributed by atoms with E-state index in [1.54, 1.807) is 44.4 Å². The molecule has 0 saturated heterocycles. The number of methoxy groups -OCH3 is 1. The van der Waals surface area contributed by atoms with Crippen molar-refractivity contribution in [3.05, 3.63) is 59.0 Å².